The Hall–Kier alpha value is -6.43. The summed E-state index contributed by atoms with van der Waals surface area (Å²) in [6.07, 6.45) is -8.30. The van der Waals surface area contributed by atoms with Crippen molar-refractivity contribution in [2.45, 2.75) is 77.5 Å². The molecule has 18 heteroatoms. The van der Waals surface area contributed by atoms with E-state index in [1.54, 1.807) is 58.2 Å². The number of aromatic nitrogens is 4. The second-order valence-electron chi connectivity index (χ2n) is 15.0. The van der Waals surface area contributed by atoms with Gasteiger partial charge < -0.3 is 34.4 Å². The Labute approximate surface area is 348 Å². The Balaban J connectivity index is 0.000000237. The van der Waals surface area contributed by atoms with E-state index >= 15 is 0 Å². The third-order valence-electron chi connectivity index (χ3n) is 9.02. The van der Waals surface area contributed by atoms with Gasteiger partial charge in [-0.3, -0.25) is 0 Å². The second-order valence-corrected chi connectivity index (χ2v) is 15.0. The topological polar surface area (TPSA) is 143 Å². The molecule has 0 radical (unpaired) electrons. The summed E-state index contributed by atoms with van der Waals surface area (Å²) in [6.45, 7) is 9.23. The lowest BCUT2D eigenvalue weighted by atomic mass is 10.1. The van der Waals surface area contributed by atoms with Gasteiger partial charge in [-0.05, 0) is 114 Å². The number of benzene rings is 4. The average Bonchev–Trinajstić information content (AvgIpc) is 3.87. The molecule has 3 N–H and O–H groups in total. The number of carbonyl (C=O) groups excluding carboxylic acids is 1. The highest BCUT2D eigenvalue weighted by molar-refractivity contribution is 5.78. The molecule has 61 heavy (non-hydrogen) atoms. The molecule has 2 aromatic heterocycles. The van der Waals surface area contributed by atoms with Crippen molar-refractivity contribution in [1.82, 2.24) is 30.6 Å². The molecule has 0 saturated heterocycles. The molecule has 324 valence electrons. The van der Waals surface area contributed by atoms with Gasteiger partial charge in [-0.2, -0.15) is 26.3 Å². The van der Waals surface area contributed by atoms with Crippen molar-refractivity contribution in [3.05, 3.63) is 120 Å². The van der Waals surface area contributed by atoms with Gasteiger partial charge in [0.05, 0.1) is 33.6 Å². The fourth-order valence-corrected chi connectivity index (χ4v) is 5.51. The van der Waals surface area contributed by atoms with Gasteiger partial charge in [-0.25, -0.2) is 4.79 Å². The summed E-state index contributed by atoms with van der Waals surface area (Å²) in [7, 11) is 3.49. The quantitative estimate of drug-likeness (QED) is 0.101. The number of carbonyl (C=O) groups is 1. The lowest BCUT2D eigenvalue weighted by Crippen LogP contribution is -2.40. The SMILES string of the molecule is CC(Cc1nnc(-c2ccccc2Nc2ccc(C(F)(F)F)cc2)o1)N(C)C(=O)OC(C)(C)C.CNC(C)Cc1nnc(-c2ccccc2Nc2ccc(C(F)(F)F)cc2)o1. The first kappa shape index (κ1) is 45.7. The van der Waals surface area contributed by atoms with E-state index in [1.807, 2.05) is 39.1 Å². The molecule has 0 spiro atoms. The second kappa shape index (κ2) is 19.3. The summed E-state index contributed by atoms with van der Waals surface area (Å²) in [6, 6.07) is 23.8. The maximum Gasteiger partial charge on any atom is 0.416 e. The van der Waals surface area contributed by atoms with Crippen molar-refractivity contribution in [2.24, 2.45) is 0 Å². The van der Waals surface area contributed by atoms with Gasteiger partial charge >= 0.3 is 18.4 Å². The molecule has 0 fully saturated rings. The van der Waals surface area contributed by atoms with Gasteiger partial charge in [0, 0.05) is 43.3 Å². The summed E-state index contributed by atoms with van der Waals surface area (Å²) in [5.41, 5.74) is 1.51. The summed E-state index contributed by atoms with van der Waals surface area (Å²) >= 11 is 0. The van der Waals surface area contributed by atoms with Crippen molar-refractivity contribution < 1.29 is 44.7 Å². The summed E-state index contributed by atoms with van der Waals surface area (Å²) in [5.74, 6) is 1.44. The maximum absolute atomic E-state index is 12.8. The van der Waals surface area contributed by atoms with Crippen LogP contribution in [0.15, 0.2) is 106 Å². The molecule has 2 unspecified atom stereocenters. The number of hydrogen-bond acceptors (Lipinski definition) is 11. The van der Waals surface area contributed by atoms with E-state index < -0.39 is 35.2 Å². The van der Waals surface area contributed by atoms with Gasteiger partial charge in [-0.15, -0.1) is 20.4 Å². The van der Waals surface area contributed by atoms with Crippen LogP contribution in [0.1, 0.15) is 57.5 Å². The number of nitrogens with zero attached hydrogens (tertiary/aromatic N) is 5. The predicted molar refractivity (Wildman–Crippen MR) is 218 cm³/mol. The fourth-order valence-electron chi connectivity index (χ4n) is 5.51. The normalized spacial score (nSPS) is 12.8. The summed E-state index contributed by atoms with van der Waals surface area (Å²) < 4.78 is 93.5. The number of hydrogen-bond donors (Lipinski definition) is 3. The first-order valence-corrected chi connectivity index (χ1v) is 19.1. The van der Waals surface area contributed by atoms with E-state index in [-0.39, 0.29) is 18.0 Å². The first-order valence-electron chi connectivity index (χ1n) is 19.1. The van der Waals surface area contributed by atoms with Crippen molar-refractivity contribution in [3.8, 4) is 22.9 Å². The number of para-hydroxylation sites is 2. The van der Waals surface area contributed by atoms with Crippen LogP contribution in [-0.4, -0.2) is 63.2 Å². The molecule has 12 nitrogen and oxygen atoms in total. The third-order valence-corrected chi connectivity index (χ3v) is 9.02. The van der Waals surface area contributed by atoms with Crippen LogP contribution >= 0.6 is 0 Å². The van der Waals surface area contributed by atoms with E-state index in [2.05, 4.69) is 36.3 Å². The van der Waals surface area contributed by atoms with Crippen LogP contribution < -0.4 is 16.0 Å². The van der Waals surface area contributed by atoms with Gasteiger partial charge in [0.25, 0.3) is 0 Å². The molecular formula is C43H46F6N8O4. The first-order chi connectivity index (χ1) is 28.7. The number of rotatable bonds is 12. The number of halogens is 6. The molecule has 0 aliphatic heterocycles. The van der Waals surface area contributed by atoms with E-state index in [1.165, 1.54) is 29.2 Å². The van der Waals surface area contributed by atoms with Gasteiger partial charge in [-0.1, -0.05) is 24.3 Å². The minimum absolute atomic E-state index is 0.193. The minimum Gasteiger partial charge on any atom is -0.444 e. The number of anilines is 4. The average molecular weight is 853 g/mol. The highest BCUT2D eigenvalue weighted by Gasteiger charge is 2.31. The Bertz CT molecular complexity index is 2340. The fraction of sp³-hybridized carbons (Fsp3) is 0.326. The zero-order valence-electron chi connectivity index (χ0n) is 34.4. The van der Waals surface area contributed by atoms with E-state index in [0.717, 1.165) is 24.3 Å². The Morgan fingerprint density at radius 1 is 0.656 bits per heavy atom. The molecular weight excluding hydrogens is 807 g/mol. The highest BCUT2D eigenvalue weighted by Crippen LogP contribution is 2.35. The number of ether oxygens (including phenoxy) is 1. The van der Waals surface area contributed by atoms with Crippen LogP contribution in [0.25, 0.3) is 22.9 Å². The minimum atomic E-state index is -4.40. The van der Waals surface area contributed by atoms with Crippen LogP contribution in [0.4, 0.5) is 53.9 Å². The third kappa shape index (κ3) is 13.0. The molecule has 1 amide bonds. The molecule has 2 atom stereocenters. The lowest BCUT2D eigenvalue weighted by molar-refractivity contribution is -0.138. The lowest BCUT2D eigenvalue weighted by Gasteiger charge is -2.28. The summed E-state index contributed by atoms with van der Waals surface area (Å²) in [5, 5.41) is 25.6. The predicted octanol–water partition coefficient (Wildman–Crippen LogP) is 10.9. The number of alkyl halides is 6. The van der Waals surface area contributed by atoms with Crippen molar-refractivity contribution in [1.29, 1.82) is 0 Å². The van der Waals surface area contributed by atoms with Crippen LogP contribution in [0.2, 0.25) is 0 Å². The Morgan fingerprint density at radius 3 is 1.46 bits per heavy atom. The Morgan fingerprint density at radius 2 is 1.07 bits per heavy atom. The smallest absolute Gasteiger partial charge is 0.416 e. The van der Waals surface area contributed by atoms with E-state index in [4.69, 9.17) is 13.6 Å². The zero-order valence-corrected chi connectivity index (χ0v) is 34.4. The molecule has 0 bridgehead atoms. The van der Waals surface area contributed by atoms with Crippen molar-refractivity contribution in [3.63, 3.8) is 0 Å². The van der Waals surface area contributed by atoms with Crippen LogP contribution in [0.3, 0.4) is 0 Å². The molecule has 2 heterocycles. The molecule has 0 saturated carbocycles. The largest absolute Gasteiger partial charge is 0.444 e. The van der Waals surface area contributed by atoms with E-state index in [0.29, 0.717) is 64.4 Å². The molecule has 6 aromatic rings. The summed E-state index contributed by atoms with van der Waals surface area (Å²) in [4.78, 5) is 13.7. The van der Waals surface area contributed by atoms with Crippen LogP contribution in [0, 0.1) is 0 Å². The standard InChI is InChI=1S/C24H27F3N4O3.C19H19F3N4O/c1-15(31(5)22(32)34-23(2,3)4)14-20-29-30-21(33-20)18-8-6-7-9-19(18)28-17-12-10-16(11-13-17)24(25,26)27;1-12(23-2)11-17-25-26-18(27-17)15-5-3-4-6-16(15)24-14-9-7-13(8-10-14)19(20,21)22/h6-13,15,28H,14H2,1-5H3;3-10,12,23-24H,11H2,1-2H3. The monoisotopic (exact) mass is 852 g/mol. The van der Waals surface area contributed by atoms with Gasteiger partial charge in [0.15, 0.2) is 0 Å². The number of likely N-dealkylation sites (N-methyl/N-ethyl adjacent to an activating group) is 2. The molecule has 4 aromatic carbocycles. The Kier molecular flexibility index (Phi) is 14.4. The number of amides is 1. The maximum atomic E-state index is 12.8. The van der Waals surface area contributed by atoms with Crippen molar-refractivity contribution in [2.75, 3.05) is 24.7 Å². The molecule has 0 aliphatic carbocycles. The molecule has 6 rings (SSSR count). The molecule has 0 aliphatic rings. The van der Waals surface area contributed by atoms with Gasteiger partial charge in [0.1, 0.15) is 5.60 Å². The van der Waals surface area contributed by atoms with Crippen LogP contribution in [-0.2, 0) is 29.9 Å². The zero-order chi connectivity index (χ0) is 44.5. The van der Waals surface area contributed by atoms with Crippen molar-refractivity contribution >= 4 is 28.8 Å². The van der Waals surface area contributed by atoms with Gasteiger partial charge in [0.2, 0.25) is 23.6 Å². The van der Waals surface area contributed by atoms with E-state index in [9.17, 15) is 31.1 Å². The number of nitrogens with one attached hydrogen (secondary N) is 3. The highest BCUT2D eigenvalue weighted by atomic mass is 19.4. The van der Waals surface area contributed by atoms with Crippen LogP contribution in [0.5, 0.6) is 0 Å².